The van der Waals surface area contributed by atoms with E-state index >= 15 is 0 Å². The zero-order chi connectivity index (χ0) is 18.5. The fourth-order valence-electron chi connectivity index (χ4n) is 3.63. The lowest BCUT2D eigenvalue weighted by atomic mass is 10.2. The van der Waals surface area contributed by atoms with Gasteiger partial charge in [-0.15, -0.1) is 10.2 Å². The third-order valence-corrected chi connectivity index (χ3v) is 5.20. The second kappa shape index (κ2) is 8.28. The molecule has 2 aromatic rings. The largest absolute Gasteiger partial charge is 0.355 e. The molecule has 2 aliphatic rings. The molecule has 2 saturated heterocycles. The lowest BCUT2D eigenvalue weighted by molar-refractivity contribution is 0.0739. The molecule has 142 valence electrons. The Morgan fingerprint density at radius 1 is 0.778 bits per heavy atom. The van der Waals surface area contributed by atoms with E-state index in [2.05, 4.69) is 30.0 Å². The van der Waals surface area contributed by atoms with E-state index < -0.39 is 0 Å². The minimum atomic E-state index is -0.0569. The van der Waals surface area contributed by atoms with Gasteiger partial charge in [-0.1, -0.05) is 12.8 Å². The summed E-state index contributed by atoms with van der Waals surface area (Å²) in [6.07, 6.45) is 8.42. The molecule has 2 fully saturated rings. The first-order valence-electron chi connectivity index (χ1n) is 9.71. The van der Waals surface area contributed by atoms with Crippen LogP contribution in [0.25, 0.3) is 0 Å². The zero-order valence-corrected chi connectivity index (χ0v) is 15.5. The van der Waals surface area contributed by atoms with Gasteiger partial charge in [0.05, 0.1) is 0 Å². The number of hydrogen-bond donors (Lipinski definition) is 0. The summed E-state index contributed by atoms with van der Waals surface area (Å²) >= 11 is 0. The molecule has 0 N–H and O–H groups in total. The Hall–Kier alpha value is -2.77. The lowest BCUT2D eigenvalue weighted by Gasteiger charge is -2.34. The maximum Gasteiger partial charge on any atom is 0.274 e. The topological polar surface area (TPSA) is 78.4 Å². The highest BCUT2D eigenvalue weighted by molar-refractivity contribution is 5.92. The smallest absolute Gasteiger partial charge is 0.274 e. The second-order valence-electron chi connectivity index (χ2n) is 7.01. The maximum atomic E-state index is 12.7. The standard InChI is InChI=1S/C19H25N7O/c27-18(25-12-14-26(15-13-25)19-20-8-5-9-21-19)16-6-7-17(23-22-16)24-10-3-1-2-4-11-24/h5-9H,1-4,10-15H2. The van der Waals surface area contributed by atoms with Crippen molar-refractivity contribution >= 4 is 17.7 Å². The molecule has 8 heteroatoms. The summed E-state index contributed by atoms with van der Waals surface area (Å²) in [7, 11) is 0. The molecule has 0 aromatic carbocycles. The SMILES string of the molecule is O=C(c1ccc(N2CCCCCC2)nn1)N1CCN(c2ncccn2)CC1. The number of rotatable bonds is 3. The fraction of sp³-hybridized carbons (Fsp3) is 0.526. The molecule has 0 bridgehead atoms. The van der Waals surface area contributed by atoms with Crippen molar-refractivity contribution in [2.24, 2.45) is 0 Å². The Balaban J connectivity index is 1.36. The first-order chi connectivity index (χ1) is 13.3. The molecule has 1 amide bonds. The summed E-state index contributed by atoms with van der Waals surface area (Å²) < 4.78 is 0. The average molecular weight is 367 g/mol. The van der Waals surface area contributed by atoms with Crippen LogP contribution in [0, 0.1) is 0 Å². The van der Waals surface area contributed by atoms with Gasteiger partial charge < -0.3 is 14.7 Å². The van der Waals surface area contributed by atoms with Gasteiger partial charge in [0.2, 0.25) is 5.95 Å². The highest BCUT2D eigenvalue weighted by Gasteiger charge is 2.24. The molecule has 2 aromatic heterocycles. The van der Waals surface area contributed by atoms with Crippen LogP contribution in [0.15, 0.2) is 30.6 Å². The number of hydrogen-bond acceptors (Lipinski definition) is 7. The van der Waals surface area contributed by atoms with Crippen LogP contribution in [0.4, 0.5) is 11.8 Å². The Kier molecular flexibility index (Phi) is 5.41. The van der Waals surface area contributed by atoms with Crippen LogP contribution in [-0.2, 0) is 0 Å². The molecule has 8 nitrogen and oxygen atoms in total. The molecule has 0 radical (unpaired) electrons. The Labute approximate surface area is 159 Å². The highest BCUT2D eigenvalue weighted by atomic mass is 16.2. The van der Waals surface area contributed by atoms with Gasteiger partial charge in [0.1, 0.15) is 0 Å². The number of anilines is 2. The molecule has 4 heterocycles. The molecule has 27 heavy (non-hydrogen) atoms. The molecule has 4 rings (SSSR count). The Bertz CT molecular complexity index is 736. The lowest BCUT2D eigenvalue weighted by Crippen LogP contribution is -2.49. The van der Waals surface area contributed by atoms with Gasteiger partial charge in [-0.25, -0.2) is 9.97 Å². The molecule has 0 aliphatic carbocycles. The van der Waals surface area contributed by atoms with Crippen LogP contribution < -0.4 is 9.80 Å². The second-order valence-corrected chi connectivity index (χ2v) is 7.01. The van der Waals surface area contributed by atoms with Crippen molar-refractivity contribution in [3.8, 4) is 0 Å². The van der Waals surface area contributed by atoms with Crippen molar-refractivity contribution in [1.29, 1.82) is 0 Å². The fourth-order valence-corrected chi connectivity index (χ4v) is 3.63. The van der Waals surface area contributed by atoms with E-state index in [0.29, 0.717) is 24.7 Å². The Morgan fingerprint density at radius 2 is 1.48 bits per heavy atom. The van der Waals surface area contributed by atoms with Crippen LogP contribution in [0.5, 0.6) is 0 Å². The van der Waals surface area contributed by atoms with Crippen molar-refractivity contribution in [3.05, 3.63) is 36.3 Å². The minimum absolute atomic E-state index is 0.0569. The molecular weight excluding hydrogens is 342 g/mol. The molecule has 0 atom stereocenters. The van der Waals surface area contributed by atoms with Gasteiger partial charge >= 0.3 is 0 Å². The predicted molar refractivity (Wildman–Crippen MR) is 103 cm³/mol. The molecule has 0 saturated carbocycles. The first-order valence-corrected chi connectivity index (χ1v) is 9.71. The minimum Gasteiger partial charge on any atom is -0.355 e. The summed E-state index contributed by atoms with van der Waals surface area (Å²) in [6, 6.07) is 5.54. The van der Waals surface area contributed by atoms with Crippen molar-refractivity contribution in [3.63, 3.8) is 0 Å². The van der Waals surface area contributed by atoms with Crippen molar-refractivity contribution in [2.75, 3.05) is 49.1 Å². The molecule has 0 unspecified atom stereocenters. The first kappa shape index (κ1) is 17.6. The van der Waals surface area contributed by atoms with E-state index in [1.165, 1.54) is 25.7 Å². The number of carbonyl (C=O) groups excluding carboxylic acids is 1. The van der Waals surface area contributed by atoms with E-state index in [1.807, 2.05) is 17.0 Å². The van der Waals surface area contributed by atoms with Gasteiger partial charge in [0, 0.05) is 51.7 Å². The van der Waals surface area contributed by atoms with Crippen LogP contribution >= 0.6 is 0 Å². The summed E-state index contributed by atoms with van der Waals surface area (Å²) in [5.74, 6) is 1.53. The molecular formula is C19H25N7O. The van der Waals surface area contributed by atoms with Crippen LogP contribution in [0.3, 0.4) is 0 Å². The van der Waals surface area contributed by atoms with Gasteiger partial charge in [-0.2, -0.15) is 0 Å². The van der Waals surface area contributed by atoms with Gasteiger partial charge in [0.25, 0.3) is 5.91 Å². The summed E-state index contributed by atoms with van der Waals surface area (Å²) in [4.78, 5) is 27.5. The predicted octanol–water partition coefficient (Wildman–Crippen LogP) is 1.61. The summed E-state index contributed by atoms with van der Waals surface area (Å²) in [5.41, 5.74) is 0.415. The number of carbonyl (C=O) groups is 1. The number of amides is 1. The van der Waals surface area contributed by atoms with Crippen LogP contribution in [0.2, 0.25) is 0 Å². The molecule has 2 aliphatic heterocycles. The van der Waals surface area contributed by atoms with Gasteiger partial charge in [-0.05, 0) is 31.0 Å². The van der Waals surface area contributed by atoms with E-state index in [-0.39, 0.29) is 5.91 Å². The third-order valence-electron chi connectivity index (χ3n) is 5.20. The van der Waals surface area contributed by atoms with Crippen molar-refractivity contribution in [1.82, 2.24) is 25.1 Å². The van der Waals surface area contributed by atoms with E-state index in [9.17, 15) is 4.79 Å². The van der Waals surface area contributed by atoms with Gasteiger partial charge in [-0.3, -0.25) is 4.79 Å². The summed E-state index contributed by atoms with van der Waals surface area (Å²) in [5, 5.41) is 8.54. The van der Waals surface area contributed by atoms with Crippen LogP contribution in [0.1, 0.15) is 36.2 Å². The van der Waals surface area contributed by atoms with E-state index in [1.54, 1.807) is 18.5 Å². The molecule has 0 spiro atoms. The quantitative estimate of drug-likeness (QED) is 0.815. The highest BCUT2D eigenvalue weighted by Crippen LogP contribution is 2.17. The number of piperazine rings is 1. The normalized spacial score (nSPS) is 18.3. The average Bonchev–Trinajstić information content (AvgIpc) is 3.04. The third kappa shape index (κ3) is 4.15. The van der Waals surface area contributed by atoms with Crippen molar-refractivity contribution < 1.29 is 4.79 Å². The zero-order valence-electron chi connectivity index (χ0n) is 15.5. The number of aromatic nitrogens is 4. The monoisotopic (exact) mass is 367 g/mol. The number of nitrogens with zero attached hydrogens (tertiary/aromatic N) is 7. The summed E-state index contributed by atoms with van der Waals surface area (Å²) in [6.45, 7) is 4.74. The Morgan fingerprint density at radius 3 is 2.11 bits per heavy atom. The maximum absolute atomic E-state index is 12.7. The van der Waals surface area contributed by atoms with Crippen molar-refractivity contribution in [2.45, 2.75) is 25.7 Å². The van der Waals surface area contributed by atoms with E-state index in [4.69, 9.17) is 0 Å². The van der Waals surface area contributed by atoms with Gasteiger partial charge in [0.15, 0.2) is 11.5 Å². The van der Waals surface area contributed by atoms with E-state index in [0.717, 1.165) is 32.0 Å². The van der Waals surface area contributed by atoms with Crippen LogP contribution in [-0.4, -0.2) is 70.2 Å².